The van der Waals surface area contributed by atoms with Crippen molar-refractivity contribution in [1.29, 1.82) is 0 Å². The molecule has 1 rings (SSSR count). The number of nitro groups is 1. The Morgan fingerprint density at radius 2 is 2.22 bits per heavy atom. The van der Waals surface area contributed by atoms with E-state index in [4.69, 9.17) is 9.84 Å². The minimum absolute atomic E-state index is 0.000185. The van der Waals surface area contributed by atoms with Crippen LogP contribution in [0.25, 0.3) is 0 Å². The Morgan fingerprint density at radius 1 is 1.56 bits per heavy atom. The fourth-order valence-electron chi connectivity index (χ4n) is 1.26. The van der Waals surface area contributed by atoms with Crippen LogP contribution in [-0.2, 0) is 0 Å². The number of hydrogen-bond acceptors (Lipinski definition) is 4. The van der Waals surface area contributed by atoms with Crippen LogP contribution in [0.3, 0.4) is 0 Å². The molecule has 0 spiro atoms. The first kappa shape index (κ1) is 14.0. The van der Waals surface area contributed by atoms with E-state index in [1.54, 1.807) is 0 Å². The molecule has 18 heavy (non-hydrogen) atoms. The van der Waals surface area contributed by atoms with Crippen molar-refractivity contribution in [2.75, 3.05) is 6.61 Å². The van der Waals surface area contributed by atoms with Gasteiger partial charge in [-0.2, -0.15) is 0 Å². The minimum Gasteiger partial charge on any atom is -0.487 e. The van der Waals surface area contributed by atoms with Gasteiger partial charge in [0, 0.05) is 12.1 Å². The number of carboxylic acids is 1. The maximum Gasteiger partial charge on any atom is 0.335 e. The molecule has 0 saturated heterocycles. The molecule has 6 heteroatoms. The zero-order valence-corrected chi connectivity index (χ0v) is 10.3. The van der Waals surface area contributed by atoms with Gasteiger partial charge in [-0.1, -0.05) is 20.3 Å². The highest BCUT2D eigenvalue weighted by atomic mass is 16.6. The molecule has 1 aromatic carbocycles. The molecule has 98 valence electrons. The summed E-state index contributed by atoms with van der Waals surface area (Å²) in [5, 5.41) is 19.6. The summed E-state index contributed by atoms with van der Waals surface area (Å²) in [6, 6.07) is 3.52. The number of rotatable bonds is 6. The molecule has 0 saturated carbocycles. The van der Waals surface area contributed by atoms with Crippen molar-refractivity contribution in [3.05, 3.63) is 33.9 Å². The molecule has 0 amide bonds. The van der Waals surface area contributed by atoms with Gasteiger partial charge in [-0.3, -0.25) is 10.1 Å². The summed E-state index contributed by atoms with van der Waals surface area (Å²) in [5.74, 6) is -0.892. The van der Waals surface area contributed by atoms with Gasteiger partial charge < -0.3 is 9.84 Å². The monoisotopic (exact) mass is 253 g/mol. The van der Waals surface area contributed by atoms with E-state index >= 15 is 0 Å². The van der Waals surface area contributed by atoms with Gasteiger partial charge in [0.2, 0.25) is 0 Å². The molecular weight excluding hydrogens is 238 g/mol. The molecule has 0 aliphatic rings. The van der Waals surface area contributed by atoms with Gasteiger partial charge in [0.25, 0.3) is 0 Å². The SMILES string of the molecule is CCC(C)COc1cc(C(=O)O)ccc1[N+](=O)[O-]. The Balaban J connectivity index is 3.00. The largest absolute Gasteiger partial charge is 0.487 e. The second-order valence-electron chi connectivity index (χ2n) is 4.07. The highest BCUT2D eigenvalue weighted by Crippen LogP contribution is 2.28. The summed E-state index contributed by atoms with van der Waals surface area (Å²) in [6.07, 6.45) is 0.881. The summed E-state index contributed by atoms with van der Waals surface area (Å²) in [4.78, 5) is 21.0. The average molecular weight is 253 g/mol. The van der Waals surface area contributed by atoms with Crippen molar-refractivity contribution in [3.63, 3.8) is 0 Å². The molecule has 1 N–H and O–H groups in total. The van der Waals surface area contributed by atoms with Gasteiger partial charge in [-0.05, 0) is 12.0 Å². The van der Waals surface area contributed by atoms with Crippen LogP contribution in [0.15, 0.2) is 18.2 Å². The van der Waals surface area contributed by atoms with Crippen LogP contribution in [0.5, 0.6) is 5.75 Å². The van der Waals surface area contributed by atoms with Crippen molar-refractivity contribution < 1.29 is 19.6 Å². The van der Waals surface area contributed by atoms with Gasteiger partial charge in [0.15, 0.2) is 5.75 Å². The van der Waals surface area contributed by atoms with E-state index in [-0.39, 0.29) is 22.9 Å². The predicted molar refractivity (Wildman–Crippen MR) is 65.0 cm³/mol. The van der Waals surface area contributed by atoms with E-state index in [0.717, 1.165) is 12.5 Å². The normalized spacial score (nSPS) is 11.9. The lowest BCUT2D eigenvalue weighted by Crippen LogP contribution is -2.09. The van der Waals surface area contributed by atoms with E-state index in [9.17, 15) is 14.9 Å². The van der Waals surface area contributed by atoms with E-state index in [1.807, 2.05) is 13.8 Å². The number of hydrogen-bond donors (Lipinski definition) is 1. The first-order valence-corrected chi connectivity index (χ1v) is 5.60. The summed E-state index contributed by atoms with van der Waals surface area (Å²) >= 11 is 0. The van der Waals surface area contributed by atoms with Crippen LogP contribution >= 0.6 is 0 Å². The van der Waals surface area contributed by atoms with Crippen LogP contribution in [-0.4, -0.2) is 22.6 Å². The fraction of sp³-hybridized carbons (Fsp3) is 0.417. The Hall–Kier alpha value is -2.11. The maximum absolute atomic E-state index is 10.8. The van der Waals surface area contributed by atoms with Crippen molar-refractivity contribution in [1.82, 2.24) is 0 Å². The number of benzene rings is 1. The van der Waals surface area contributed by atoms with Gasteiger partial charge in [-0.15, -0.1) is 0 Å². The molecule has 1 atom stereocenters. The molecule has 0 radical (unpaired) electrons. The standard InChI is InChI=1S/C12H15NO5/c1-3-8(2)7-18-11-6-9(12(14)15)4-5-10(11)13(16)17/h4-6,8H,3,7H2,1-2H3,(H,14,15). The van der Waals surface area contributed by atoms with Crippen molar-refractivity contribution in [2.45, 2.75) is 20.3 Å². The zero-order valence-electron chi connectivity index (χ0n) is 10.3. The third-order valence-electron chi connectivity index (χ3n) is 2.62. The lowest BCUT2D eigenvalue weighted by molar-refractivity contribution is -0.385. The number of carboxylic acid groups (broad SMARTS) is 1. The minimum atomic E-state index is -1.14. The molecule has 0 aliphatic heterocycles. The number of ether oxygens (including phenoxy) is 1. The maximum atomic E-state index is 10.8. The average Bonchev–Trinajstić information content (AvgIpc) is 2.35. The second-order valence-corrected chi connectivity index (χ2v) is 4.07. The second kappa shape index (κ2) is 6.00. The fourth-order valence-corrected chi connectivity index (χ4v) is 1.26. The molecule has 1 aromatic rings. The van der Waals surface area contributed by atoms with Gasteiger partial charge in [0.05, 0.1) is 17.1 Å². The lowest BCUT2D eigenvalue weighted by atomic mass is 10.1. The van der Waals surface area contributed by atoms with Crippen LogP contribution < -0.4 is 4.74 Å². The first-order valence-electron chi connectivity index (χ1n) is 5.60. The molecule has 6 nitrogen and oxygen atoms in total. The zero-order chi connectivity index (χ0) is 13.7. The van der Waals surface area contributed by atoms with E-state index in [1.165, 1.54) is 12.1 Å². The van der Waals surface area contributed by atoms with Crippen molar-refractivity contribution in [3.8, 4) is 5.75 Å². The number of aromatic carboxylic acids is 1. The van der Waals surface area contributed by atoms with Gasteiger partial charge in [-0.25, -0.2) is 4.79 Å². The molecule has 0 bridgehead atoms. The van der Waals surface area contributed by atoms with Gasteiger partial charge in [0.1, 0.15) is 0 Å². The van der Waals surface area contributed by atoms with Crippen molar-refractivity contribution >= 4 is 11.7 Å². The lowest BCUT2D eigenvalue weighted by Gasteiger charge is -2.11. The highest BCUT2D eigenvalue weighted by molar-refractivity contribution is 5.88. The van der Waals surface area contributed by atoms with Crippen LogP contribution in [0, 0.1) is 16.0 Å². The third kappa shape index (κ3) is 3.44. The molecule has 0 aliphatic carbocycles. The first-order chi connectivity index (χ1) is 8.45. The van der Waals surface area contributed by atoms with Crippen molar-refractivity contribution in [2.24, 2.45) is 5.92 Å². The topological polar surface area (TPSA) is 89.7 Å². The quantitative estimate of drug-likeness (QED) is 0.621. The summed E-state index contributed by atoms with van der Waals surface area (Å²) < 4.78 is 5.34. The van der Waals surface area contributed by atoms with Gasteiger partial charge >= 0.3 is 11.7 Å². The number of nitro benzene ring substituents is 1. The molecule has 1 unspecified atom stereocenters. The Kier molecular flexibility index (Phi) is 4.65. The molecule has 0 aromatic heterocycles. The number of nitrogens with zero attached hydrogens (tertiary/aromatic N) is 1. The highest BCUT2D eigenvalue weighted by Gasteiger charge is 2.18. The Bertz CT molecular complexity index is 458. The smallest absolute Gasteiger partial charge is 0.335 e. The number of carbonyl (C=O) groups is 1. The molecular formula is C12H15NO5. The third-order valence-corrected chi connectivity index (χ3v) is 2.62. The van der Waals surface area contributed by atoms with Crippen LogP contribution in [0.1, 0.15) is 30.6 Å². The van der Waals surface area contributed by atoms with Crippen LogP contribution in [0.2, 0.25) is 0 Å². The summed E-state index contributed by atoms with van der Waals surface area (Å²) in [7, 11) is 0. The molecule has 0 heterocycles. The predicted octanol–water partition coefficient (Wildman–Crippen LogP) is 2.72. The van der Waals surface area contributed by atoms with E-state index in [2.05, 4.69) is 0 Å². The molecule has 0 fully saturated rings. The summed E-state index contributed by atoms with van der Waals surface area (Å²) in [6.45, 7) is 4.25. The van der Waals surface area contributed by atoms with E-state index < -0.39 is 10.9 Å². The summed E-state index contributed by atoms with van der Waals surface area (Å²) in [5.41, 5.74) is -0.247. The Morgan fingerprint density at radius 3 is 2.72 bits per heavy atom. The Labute approximate surface area is 104 Å². The van der Waals surface area contributed by atoms with E-state index in [0.29, 0.717) is 6.61 Å². The van der Waals surface area contributed by atoms with Crippen LogP contribution in [0.4, 0.5) is 5.69 Å².